The number of halogens is 1. The van der Waals surface area contributed by atoms with Crippen LogP contribution < -0.4 is 5.32 Å². The van der Waals surface area contributed by atoms with Crippen molar-refractivity contribution in [3.8, 4) is 0 Å². The molecule has 0 bridgehead atoms. The Hall–Kier alpha value is -1.85. The minimum Gasteiger partial charge on any atom is -0.320 e. The van der Waals surface area contributed by atoms with E-state index in [2.05, 4.69) is 10.3 Å². The molecule has 1 N–H and O–H groups in total. The lowest BCUT2D eigenvalue weighted by Gasteiger charge is -2.06. The van der Waals surface area contributed by atoms with Crippen molar-refractivity contribution in [2.75, 3.05) is 5.32 Å². The Balaban J connectivity index is 1.86. The lowest BCUT2D eigenvalue weighted by atomic mass is 10.2. The molecule has 0 aliphatic rings. The van der Waals surface area contributed by atoms with Gasteiger partial charge in [0.2, 0.25) is 0 Å². The number of thiazole rings is 1. The second-order valence-corrected chi connectivity index (χ2v) is 6.22. The predicted octanol–water partition coefficient (Wildman–Crippen LogP) is 3.92. The van der Waals surface area contributed by atoms with Gasteiger partial charge in [-0.3, -0.25) is 9.20 Å². The van der Waals surface area contributed by atoms with E-state index in [1.165, 1.54) is 0 Å². The molecule has 2 aromatic heterocycles. The van der Waals surface area contributed by atoms with Gasteiger partial charge in [-0.25, -0.2) is 4.98 Å². The van der Waals surface area contributed by atoms with Crippen molar-refractivity contribution in [1.82, 2.24) is 9.38 Å². The van der Waals surface area contributed by atoms with Crippen LogP contribution in [-0.4, -0.2) is 15.3 Å². The highest BCUT2D eigenvalue weighted by molar-refractivity contribution is 7.17. The lowest BCUT2D eigenvalue weighted by Crippen LogP contribution is -2.13. The van der Waals surface area contributed by atoms with Gasteiger partial charge < -0.3 is 5.32 Å². The third-order valence-corrected chi connectivity index (χ3v) is 4.09. The summed E-state index contributed by atoms with van der Waals surface area (Å²) in [5, 5.41) is 3.50. The fourth-order valence-corrected chi connectivity index (χ4v) is 3.01. The first-order chi connectivity index (χ1) is 9.52. The molecule has 0 unspecified atom stereocenters. The predicted molar refractivity (Wildman–Crippen MR) is 81.9 cm³/mol. The zero-order valence-electron chi connectivity index (χ0n) is 11.0. The van der Waals surface area contributed by atoms with Gasteiger partial charge in [0.25, 0.3) is 5.91 Å². The van der Waals surface area contributed by atoms with Crippen LogP contribution in [0.15, 0.2) is 30.6 Å². The quantitative estimate of drug-likeness (QED) is 0.780. The van der Waals surface area contributed by atoms with E-state index in [0.29, 0.717) is 10.7 Å². The molecule has 1 aromatic carbocycles. The van der Waals surface area contributed by atoms with Crippen LogP contribution >= 0.6 is 22.9 Å². The minimum atomic E-state index is -0.219. The van der Waals surface area contributed by atoms with Crippen LogP contribution in [0.3, 0.4) is 0 Å². The van der Waals surface area contributed by atoms with Gasteiger partial charge in [0, 0.05) is 28.0 Å². The van der Waals surface area contributed by atoms with E-state index in [0.717, 1.165) is 21.1 Å². The summed E-state index contributed by atoms with van der Waals surface area (Å²) < 4.78 is 1.86. The Bertz CT molecular complexity index is 774. The van der Waals surface area contributed by atoms with Gasteiger partial charge >= 0.3 is 0 Å². The summed E-state index contributed by atoms with van der Waals surface area (Å²) in [5.74, 6) is -0.219. The summed E-state index contributed by atoms with van der Waals surface area (Å²) in [6, 6.07) is 5.35. The van der Waals surface area contributed by atoms with Crippen molar-refractivity contribution >= 4 is 39.5 Å². The van der Waals surface area contributed by atoms with Gasteiger partial charge in [0.05, 0.1) is 0 Å². The van der Waals surface area contributed by atoms with E-state index in [1.807, 2.05) is 30.5 Å². The maximum absolute atomic E-state index is 12.2. The monoisotopic (exact) mass is 305 g/mol. The van der Waals surface area contributed by atoms with Gasteiger partial charge in [0.15, 0.2) is 4.96 Å². The van der Waals surface area contributed by atoms with Gasteiger partial charge in [0.1, 0.15) is 5.69 Å². The summed E-state index contributed by atoms with van der Waals surface area (Å²) in [6.07, 6.45) is 3.69. The molecule has 0 saturated heterocycles. The number of hydrogen-bond acceptors (Lipinski definition) is 3. The highest BCUT2D eigenvalue weighted by atomic mass is 35.5. The maximum atomic E-state index is 12.2. The maximum Gasteiger partial charge on any atom is 0.275 e. The fourth-order valence-electron chi connectivity index (χ4n) is 1.97. The first-order valence-electron chi connectivity index (χ1n) is 6.05. The normalized spacial score (nSPS) is 10.9. The SMILES string of the molecule is Cc1cn2cc(C(=O)Nc3ccc(Cl)cc3C)nc2s1. The van der Waals surface area contributed by atoms with E-state index in [-0.39, 0.29) is 5.91 Å². The van der Waals surface area contributed by atoms with E-state index in [4.69, 9.17) is 11.6 Å². The number of imidazole rings is 1. The number of hydrogen-bond donors (Lipinski definition) is 1. The molecule has 0 atom stereocenters. The first-order valence-corrected chi connectivity index (χ1v) is 7.25. The summed E-state index contributed by atoms with van der Waals surface area (Å²) in [6.45, 7) is 3.91. The van der Waals surface area contributed by atoms with Gasteiger partial charge in [-0.1, -0.05) is 11.6 Å². The molecule has 20 heavy (non-hydrogen) atoms. The molecule has 0 aliphatic carbocycles. The van der Waals surface area contributed by atoms with Crippen molar-refractivity contribution in [2.24, 2.45) is 0 Å². The highest BCUT2D eigenvalue weighted by Crippen LogP contribution is 2.21. The van der Waals surface area contributed by atoms with Crippen LogP contribution in [0.1, 0.15) is 20.9 Å². The van der Waals surface area contributed by atoms with Gasteiger partial charge in [-0.05, 0) is 37.6 Å². The topological polar surface area (TPSA) is 46.4 Å². The molecular formula is C14H12ClN3OS. The summed E-state index contributed by atoms with van der Waals surface area (Å²) >= 11 is 7.45. The Morgan fingerprint density at radius 1 is 1.35 bits per heavy atom. The summed E-state index contributed by atoms with van der Waals surface area (Å²) in [7, 11) is 0. The van der Waals surface area contributed by atoms with E-state index in [1.54, 1.807) is 29.7 Å². The fraction of sp³-hybridized carbons (Fsp3) is 0.143. The second-order valence-electron chi connectivity index (χ2n) is 4.57. The number of nitrogens with one attached hydrogen (secondary N) is 1. The molecule has 4 nitrogen and oxygen atoms in total. The molecule has 3 rings (SSSR count). The van der Waals surface area contributed by atoms with E-state index in [9.17, 15) is 4.79 Å². The zero-order chi connectivity index (χ0) is 14.3. The molecule has 2 heterocycles. The first kappa shape index (κ1) is 13.1. The average molecular weight is 306 g/mol. The average Bonchev–Trinajstić information content (AvgIpc) is 2.89. The molecule has 0 aliphatic heterocycles. The molecule has 0 spiro atoms. The number of nitrogens with zero attached hydrogens (tertiary/aromatic N) is 2. The van der Waals surface area contributed by atoms with E-state index < -0.39 is 0 Å². The highest BCUT2D eigenvalue weighted by Gasteiger charge is 2.13. The number of rotatable bonds is 2. The smallest absolute Gasteiger partial charge is 0.275 e. The van der Waals surface area contributed by atoms with Crippen molar-refractivity contribution in [3.05, 3.63) is 51.7 Å². The Morgan fingerprint density at radius 2 is 2.15 bits per heavy atom. The largest absolute Gasteiger partial charge is 0.320 e. The van der Waals surface area contributed by atoms with Crippen LogP contribution in [-0.2, 0) is 0 Å². The number of anilines is 1. The lowest BCUT2D eigenvalue weighted by molar-refractivity contribution is 0.102. The number of carbonyl (C=O) groups is 1. The summed E-state index contributed by atoms with van der Waals surface area (Å²) in [5.41, 5.74) is 2.07. The third kappa shape index (κ3) is 2.42. The number of fused-ring (bicyclic) bond motifs is 1. The van der Waals surface area contributed by atoms with Crippen LogP contribution in [0.25, 0.3) is 4.96 Å². The summed E-state index contributed by atoms with van der Waals surface area (Å²) in [4.78, 5) is 18.5. The molecule has 0 radical (unpaired) electrons. The van der Waals surface area contributed by atoms with Gasteiger partial charge in [-0.2, -0.15) is 0 Å². The molecule has 102 valence electrons. The molecule has 0 saturated carbocycles. The van der Waals surface area contributed by atoms with Gasteiger partial charge in [-0.15, -0.1) is 11.3 Å². The molecule has 3 aromatic rings. The number of aryl methyl sites for hydroxylation is 2. The number of aromatic nitrogens is 2. The number of amides is 1. The third-order valence-electron chi connectivity index (χ3n) is 2.94. The minimum absolute atomic E-state index is 0.219. The van der Waals surface area contributed by atoms with Crippen LogP contribution in [0.4, 0.5) is 5.69 Å². The standard InChI is InChI=1S/C14H12ClN3OS/c1-8-5-10(15)3-4-11(8)16-13(19)12-7-18-6-9(2)20-14(18)17-12/h3-7H,1-2H3,(H,16,19). The second kappa shape index (κ2) is 4.92. The van der Waals surface area contributed by atoms with Crippen molar-refractivity contribution in [2.45, 2.75) is 13.8 Å². The number of benzene rings is 1. The molecular weight excluding hydrogens is 294 g/mol. The van der Waals surface area contributed by atoms with Crippen LogP contribution in [0.2, 0.25) is 5.02 Å². The molecule has 6 heteroatoms. The Labute approximate surface area is 125 Å². The zero-order valence-corrected chi connectivity index (χ0v) is 12.5. The molecule has 1 amide bonds. The van der Waals surface area contributed by atoms with Crippen LogP contribution in [0.5, 0.6) is 0 Å². The number of carbonyl (C=O) groups excluding carboxylic acids is 1. The van der Waals surface area contributed by atoms with Crippen molar-refractivity contribution in [3.63, 3.8) is 0 Å². The Morgan fingerprint density at radius 3 is 2.85 bits per heavy atom. The van der Waals surface area contributed by atoms with E-state index >= 15 is 0 Å². The molecule has 0 fully saturated rings. The van der Waals surface area contributed by atoms with Crippen LogP contribution in [0, 0.1) is 13.8 Å². The van der Waals surface area contributed by atoms with Crippen molar-refractivity contribution < 1.29 is 4.79 Å². The van der Waals surface area contributed by atoms with Crippen molar-refractivity contribution in [1.29, 1.82) is 0 Å². The Kier molecular flexibility index (Phi) is 3.23.